The van der Waals surface area contributed by atoms with Crippen LogP contribution in [0.2, 0.25) is 0 Å². The Morgan fingerprint density at radius 1 is 1.70 bits per heavy atom. The molecule has 10 heavy (non-hydrogen) atoms. The number of carbonyl (C=O) groups excluding carboxylic acids is 1. The van der Waals surface area contributed by atoms with Crippen LogP contribution in [0.1, 0.15) is 13.8 Å². The van der Waals surface area contributed by atoms with Gasteiger partial charge in [-0.15, -0.1) is 0 Å². The zero-order valence-electron chi connectivity index (χ0n) is 6.09. The average molecular weight is 145 g/mol. The van der Waals surface area contributed by atoms with Crippen LogP contribution in [0.25, 0.3) is 0 Å². The standard InChI is InChI=1S/C6H11NO3/c1-6(2)9-3-4(10-6)5(7)8/h4H,3H2,1-2H3,(H2,7,8)/t4-/m1/s1. The van der Waals surface area contributed by atoms with E-state index in [2.05, 4.69) is 0 Å². The molecule has 0 saturated carbocycles. The summed E-state index contributed by atoms with van der Waals surface area (Å²) < 4.78 is 10.2. The monoisotopic (exact) mass is 145 g/mol. The van der Waals surface area contributed by atoms with Crippen LogP contribution in [0.5, 0.6) is 0 Å². The van der Waals surface area contributed by atoms with Gasteiger partial charge < -0.3 is 15.2 Å². The second kappa shape index (κ2) is 2.21. The summed E-state index contributed by atoms with van der Waals surface area (Å²) in [5.74, 6) is -1.12. The number of hydrogen-bond acceptors (Lipinski definition) is 3. The molecule has 1 fully saturated rings. The van der Waals surface area contributed by atoms with E-state index in [-0.39, 0.29) is 6.61 Å². The fourth-order valence-corrected chi connectivity index (χ4v) is 0.827. The average Bonchev–Trinajstić information content (AvgIpc) is 2.10. The fourth-order valence-electron chi connectivity index (χ4n) is 0.827. The summed E-state index contributed by atoms with van der Waals surface area (Å²) in [5.41, 5.74) is 4.97. The molecule has 0 spiro atoms. The Balaban J connectivity index is 2.51. The number of carbonyl (C=O) groups is 1. The molecule has 4 heteroatoms. The highest BCUT2D eigenvalue weighted by Crippen LogP contribution is 2.21. The summed E-state index contributed by atoms with van der Waals surface area (Å²) in [5, 5.41) is 0. The van der Waals surface area contributed by atoms with Crippen molar-refractivity contribution in [3.8, 4) is 0 Å². The lowest BCUT2D eigenvalue weighted by Crippen LogP contribution is -2.32. The molecule has 1 amide bonds. The van der Waals surface area contributed by atoms with E-state index in [4.69, 9.17) is 15.2 Å². The van der Waals surface area contributed by atoms with E-state index in [0.717, 1.165) is 0 Å². The number of primary amides is 1. The van der Waals surface area contributed by atoms with Gasteiger partial charge in [0.2, 0.25) is 5.91 Å². The van der Waals surface area contributed by atoms with Crippen LogP contribution in [-0.4, -0.2) is 24.4 Å². The minimum Gasteiger partial charge on any atom is -0.367 e. The van der Waals surface area contributed by atoms with Gasteiger partial charge in [-0.25, -0.2) is 0 Å². The third-order valence-electron chi connectivity index (χ3n) is 1.33. The Morgan fingerprint density at radius 3 is 2.50 bits per heavy atom. The van der Waals surface area contributed by atoms with E-state index in [9.17, 15) is 4.79 Å². The molecule has 1 saturated heterocycles. The van der Waals surface area contributed by atoms with Crippen LogP contribution in [0.15, 0.2) is 0 Å². The maximum Gasteiger partial charge on any atom is 0.249 e. The van der Waals surface area contributed by atoms with E-state index in [1.54, 1.807) is 13.8 Å². The Bertz CT molecular complexity index is 155. The summed E-state index contributed by atoms with van der Waals surface area (Å²) in [6.45, 7) is 3.76. The summed E-state index contributed by atoms with van der Waals surface area (Å²) in [4.78, 5) is 10.5. The molecule has 0 bridgehead atoms. The minimum absolute atomic E-state index is 0.266. The summed E-state index contributed by atoms with van der Waals surface area (Å²) in [6, 6.07) is 0. The molecule has 1 aliphatic rings. The van der Waals surface area contributed by atoms with Crippen molar-refractivity contribution in [3.63, 3.8) is 0 Å². The SMILES string of the molecule is CC1(C)OC[C@H](C(N)=O)O1. The van der Waals surface area contributed by atoms with Gasteiger partial charge in [0.05, 0.1) is 6.61 Å². The fraction of sp³-hybridized carbons (Fsp3) is 0.833. The lowest BCUT2D eigenvalue weighted by atomic mass is 10.4. The van der Waals surface area contributed by atoms with Crippen molar-refractivity contribution >= 4 is 5.91 Å². The van der Waals surface area contributed by atoms with Crippen molar-refractivity contribution in [1.82, 2.24) is 0 Å². The predicted molar refractivity (Wildman–Crippen MR) is 34.1 cm³/mol. The van der Waals surface area contributed by atoms with E-state index in [1.165, 1.54) is 0 Å². The molecular weight excluding hydrogens is 134 g/mol. The summed E-state index contributed by atoms with van der Waals surface area (Å²) in [7, 11) is 0. The molecule has 0 radical (unpaired) electrons. The van der Waals surface area contributed by atoms with Gasteiger partial charge in [-0.2, -0.15) is 0 Å². The maximum atomic E-state index is 10.5. The molecule has 58 valence electrons. The number of ether oxygens (including phenoxy) is 2. The van der Waals surface area contributed by atoms with E-state index < -0.39 is 17.8 Å². The van der Waals surface area contributed by atoms with Crippen molar-refractivity contribution in [3.05, 3.63) is 0 Å². The van der Waals surface area contributed by atoms with E-state index in [0.29, 0.717) is 0 Å². The molecule has 1 heterocycles. The number of hydrogen-bond donors (Lipinski definition) is 1. The first-order chi connectivity index (χ1) is 4.51. The van der Waals surface area contributed by atoms with Gasteiger partial charge in [0.1, 0.15) is 0 Å². The van der Waals surface area contributed by atoms with Crippen molar-refractivity contribution in [1.29, 1.82) is 0 Å². The van der Waals surface area contributed by atoms with E-state index in [1.807, 2.05) is 0 Å². The molecule has 1 atom stereocenters. The second-order valence-corrected chi connectivity index (χ2v) is 2.72. The van der Waals surface area contributed by atoms with Crippen molar-refractivity contribution in [2.75, 3.05) is 6.61 Å². The summed E-state index contributed by atoms with van der Waals surface area (Å²) in [6.07, 6.45) is -0.574. The van der Waals surface area contributed by atoms with Gasteiger partial charge in [-0.1, -0.05) is 0 Å². The van der Waals surface area contributed by atoms with Gasteiger partial charge >= 0.3 is 0 Å². The largest absolute Gasteiger partial charge is 0.367 e. The predicted octanol–water partition coefficient (Wildman–Crippen LogP) is -0.377. The number of rotatable bonds is 1. The molecule has 0 aromatic rings. The number of amides is 1. The Kier molecular flexibility index (Phi) is 1.66. The Hall–Kier alpha value is -0.610. The molecule has 1 rings (SSSR count). The highest BCUT2D eigenvalue weighted by atomic mass is 16.7. The van der Waals surface area contributed by atoms with Crippen LogP contribution < -0.4 is 5.73 Å². The van der Waals surface area contributed by atoms with Gasteiger partial charge in [0.15, 0.2) is 11.9 Å². The molecule has 0 unspecified atom stereocenters. The normalized spacial score (nSPS) is 30.4. The second-order valence-electron chi connectivity index (χ2n) is 2.72. The van der Waals surface area contributed by atoms with Crippen LogP contribution >= 0.6 is 0 Å². The highest BCUT2D eigenvalue weighted by molar-refractivity contribution is 5.79. The van der Waals surface area contributed by atoms with Gasteiger partial charge in [-0.05, 0) is 13.8 Å². The molecule has 4 nitrogen and oxygen atoms in total. The number of nitrogens with two attached hydrogens (primary N) is 1. The lowest BCUT2D eigenvalue weighted by molar-refractivity contribution is -0.151. The first-order valence-corrected chi connectivity index (χ1v) is 3.12. The van der Waals surface area contributed by atoms with Crippen LogP contribution in [-0.2, 0) is 14.3 Å². The van der Waals surface area contributed by atoms with E-state index >= 15 is 0 Å². The zero-order chi connectivity index (χ0) is 7.78. The molecule has 0 aromatic carbocycles. The van der Waals surface area contributed by atoms with Crippen molar-refractivity contribution in [2.24, 2.45) is 5.73 Å². The first kappa shape index (κ1) is 7.50. The molecular formula is C6H11NO3. The third-order valence-corrected chi connectivity index (χ3v) is 1.33. The topological polar surface area (TPSA) is 61.5 Å². The summed E-state index contributed by atoms with van der Waals surface area (Å²) >= 11 is 0. The third kappa shape index (κ3) is 1.46. The smallest absolute Gasteiger partial charge is 0.249 e. The van der Waals surface area contributed by atoms with Crippen LogP contribution in [0, 0.1) is 0 Å². The van der Waals surface area contributed by atoms with Gasteiger partial charge in [0.25, 0.3) is 0 Å². The van der Waals surface area contributed by atoms with Crippen molar-refractivity contribution < 1.29 is 14.3 Å². The zero-order valence-corrected chi connectivity index (χ0v) is 6.09. The first-order valence-electron chi connectivity index (χ1n) is 3.12. The van der Waals surface area contributed by atoms with Crippen molar-refractivity contribution in [2.45, 2.75) is 25.7 Å². The van der Waals surface area contributed by atoms with Gasteiger partial charge in [-0.3, -0.25) is 4.79 Å². The Morgan fingerprint density at radius 2 is 2.30 bits per heavy atom. The minimum atomic E-state index is -0.653. The van der Waals surface area contributed by atoms with Gasteiger partial charge in [0, 0.05) is 0 Å². The van der Waals surface area contributed by atoms with Crippen LogP contribution in [0.4, 0.5) is 0 Å². The van der Waals surface area contributed by atoms with Crippen LogP contribution in [0.3, 0.4) is 0 Å². The lowest BCUT2D eigenvalue weighted by Gasteiger charge is -2.15. The highest BCUT2D eigenvalue weighted by Gasteiger charge is 2.35. The molecule has 0 aromatic heterocycles. The molecule has 2 N–H and O–H groups in total. The maximum absolute atomic E-state index is 10.5. The Labute approximate surface area is 59.3 Å². The quantitative estimate of drug-likeness (QED) is 0.547. The molecule has 0 aliphatic carbocycles. The molecule has 1 aliphatic heterocycles.